The lowest BCUT2D eigenvalue weighted by Gasteiger charge is -2.02. The van der Waals surface area contributed by atoms with E-state index in [-0.39, 0.29) is 19.0 Å². The van der Waals surface area contributed by atoms with Crippen molar-refractivity contribution < 1.29 is 5.11 Å². The SMILES string of the molecule is Cc1nn(C)cc1CNCCCCO.Cl. The lowest BCUT2D eigenvalue weighted by Crippen LogP contribution is -2.15. The Morgan fingerprint density at radius 3 is 2.73 bits per heavy atom. The van der Waals surface area contributed by atoms with Gasteiger partial charge in [0.25, 0.3) is 0 Å². The number of nitrogens with zero attached hydrogens (tertiary/aromatic N) is 2. The van der Waals surface area contributed by atoms with Crippen molar-refractivity contribution in [3.05, 3.63) is 17.5 Å². The van der Waals surface area contributed by atoms with Gasteiger partial charge in [-0.1, -0.05) is 0 Å². The van der Waals surface area contributed by atoms with E-state index in [1.54, 1.807) is 0 Å². The van der Waals surface area contributed by atoms with Crippen molar-refractivity contribution in [2.45, 2.75) is 26.3 Å². The molecule has 0 saturated carbocycles. The van der Waals surface area contributed by atoms with Crippen LogP contribution in [-0.4, -0.2) is 28.0 Å². The summed E-state index contributed by atoms with van der Waals surface area (Å²) in [5.41, 5.74) is 2.33. The minimum Gasteiger partial charge on any atom is -0.396 e. The highest BCUT2D eigenvalue weighted by Gasteiger charge is 2.01. The Morgan fingerprint density at radius 1 is 1.47 bits per heavy atom. The van der Waals surface area contributed by atoms with E-state index in [4.69, 9.17) is 5.11 Å². The van der Waals surface area contributed by atoms with Crippen LogP contribution in [-0.2, 0) is 13.6 Å². The third kappa shape index (κ3) is 5.16. The van der Waals surface area contributed by atoms with E-state index >= 15 is 0 Å². The first-order valence-corrected chi connectivity index (χ1v) is 5.04. The molecule has 1 rings (SSSR count). The lowest BCUT2D eigenvalue weighted by molar-refractivity contribution is 0.283. The normalized spacial score (nSPS) is 10.1. The second-order valence-corrected chi connectivity index (χ2v) is 3.52. The minimum absolute atomic E-state index is 0. The molecule has 0 bridgehead atoms. The monoisotopic (exact) mass is 233 g/mol. The maximum absolute atomic E-state index is 8.59. The zero-order valence-corrected chi connectivity index (χ0v) is 10.2. The fourth-order valence-corrected chi connectivity index (χ4v) is 1.41. The van der Waals surface area contributed by atoms with Gasteiger partial charge in [0.05, 0.1) is 5.69 Å². The number of aliphatic hydroxyl groups excluding tert-OH is 1. The zero-order chi connectivity index (χ0) is 10.4. The molecule has 0 saturated heterocycles. The van der Waals surface area contributed by atoms with E-state index in [2.05, 4.69) is 10.4 Å². The molecule has 0 atom stereocenters. The van der Waals surface area contributed by atoms with Gasteiger partial charge in [0.1, 0.15) is 0 Å². The first-order chi connectivity index (χ1) is 6.74. The van der Waals surface area contributed by atoms with E-state index in [0.717, 1.165) is 31.6 Å². The Morgan fingerprint density at radius 2 is 2.20 bits per heavy atom. The lowest BCUT2D eigenvalue weighted by atomic mass is 10.2. The first-order valence-electron chi connectivity index (χ1n) is 5.04. The van der Waals surface area contributed by atoms with Gasteiger partial charge in [-0.2, -0.15) is 5.10 Å². The Hall–Kier alpha value is -0.580. The number of halogens is 1. The zero-order valence-electron chi connectivity index (χ0n) is 9.36. The summed E-state index contributed by atoms with van der Waals surface area (Å²) in [6, 6.07) is 0. The molecule has 0 aliphatic rings. The molecule has 4 nitrogen and oxygen atoms in total. The molecule has 0 aromatic carbocycles. The standard InChI is InChI=1S/C10H19N3O.ClH/c1-9-10(8-13(2)12-9)7-11-5-3-4-6-14;/h8,11,14H,3-7H2,1-2H3;1H. The van der Waals surface area contributed by atoms with Crippen LogP contribution in [0.2, 0.25) is 0 Å². The summed E-state index contributed by atoms with van der Waals surface area (Å²) in [6.45, 7) is 4.12. The summed E-state index contributed by atoms with van der Waals surface area (Å²) in [5.74, 6) is 0. The number of aliphatic hydroxyl groups is 1. The van der Waals surface area contributed by atoms with Crippen LogP contribution in [0, 0.1) is 6.92 Å². The third-order valence-corrected chi connectivity index (χ3v) is 2.19. The molecule has 0 aliphatic heterocycles. The summed E-state index contributed by atoms with van der Waals surface area (Å²) in [6.07, 6.45) is 3.93. The van der Waals surface area contributed by atoms with Crippen molar-refractivity contribution in [2.24, 2.45) is 7.05 Å². The van der Waals surface area contributed by atoms with Gasteiger partial charge in [-0.25, -0.2) is 0 Å². The second kappa shape index (κ2) is 7.68. The van der Waals surface area contributed by atoms with Gasteiger partial charge in [0.15, 0.2) is 0 Å². The Labute approximate surface area is 97.1 Å². The van der Waals surface area contributed by atoms with E-state index in [9.17, 15) is 0 Å². The molecule has 1 aromatic heterocycles. The van der Waals surface area contributed by atoms with Crippen LogP contribution in [0.4, 0.5) is 0 Å². The van der Waals surface area contributed by atoms with Crippen molar-refractivity contribution in [1.29, 1.82) is 0 Å². The molecule has 0 unspecified atom stereocenters. The molecule has 0 spiro atoms. The first kappa shape index (κ1) is 14.4. The molecule has 15 heavy (non-hydrogen) atoms. The van der Waals surface area contributed by atoms with E-state index < -0.39 is 0 Å². The van der Waals surface area contributed by atoms with Gasteiger partial charge < -0.3 is 10.4 Å². The molecule has 0 aliphatic carbocycles. The van der Waals surface area contributed by atoms with Gasteiger partial charge in [-0.3, -0.25) is 4.68 Å². The van der Waals surface area contributed by atoms with Crippen LogP contribution < -0.4 is 5.32 Å². The highest BCUT2D eigenvalue weighted by Crippen LogP contribution is 2.03. The molecule has 0 fully saturated rings. The largest absolute Gasteiger partial charge is 0.396 e. The second-order valence-electron chi connectivity index (χ2n) is 3.52. The molecule has 88 valence electrons. The molecular weight excluding hydrogens is 214 g/mol. The van der Waals surface area contributed by atoms with E-state index in [1.807, 2.05) is 24.9 Å². The topological polar surface area (TPSA) is 50.1 Å². The highest BCUT2D eigenvalue weighted by atomic mass is 35.5. The number of unbranched alkanes of at least 4 members (excludes halogenated alkanes) is 1. The summed E-state index contributed by atoms with van der Waals surface area (Å²) in [7, 11) is 1.93. The molecular formula is C10H20ClN3O. The molecule has 0 amide bonds. The number of aryl methyl sites for hydroxylation is 2. The van der Waals surface area contributed by atoms with Crippen LogP contribution in [0.5, 0.6) is 0 Å². The Bertz CT molecular complexity index is 276. The average molecular weight is 234 g/mol. The molecule has 1 heterocycles. The summed E-state index contributed by atoms with van der Waals surface area (Å²) < 4.78 is 1.83. The van der Waals surface area contributed by atoms with Crippen LogP contribution >= 0.6 is 12.4 Å². The summed E-state index contributed by atoms with van der Waals surface area (Å²) >= 11 is 0. The molecule has 2 N–H and O–H groups in total. The maximum Gasteiger partial charge on any atom is 0.0638 e. The van der Waals surface area contributed by atoms with Crippen LogP contribution in [0.1, 0.15) is 24.1 Å². The minimum atomic E-state index is 0. The quantitative estimate of drug-likeness (QED) is 0.722. The highest BCUT2D eigenvalue weighted by molar-refractivity contribution is 5.85. The van der Waals surface area contributed by atoms with E-state index in [0.29, 0.717) is 0 Å². The van der Waals surface area contributed by atoms with Crippen LogP contribution in [0.15, 0.2) is 6.20 Å². The molecule has 1 aromatic rings. The van der Waals surface area contributed by atoms with Crippen molar-refractivity contribution >= 4 is 12.4 Å². The van der Waals surface area contributed by atoms with Crippen LogP contribution in [0.25, 0.3) is 0 Å². The third-order valence-electron chi connectivity index (χ3n) is 2.19. The van der Waals surface area contributed by atoms with Crippen molar-refractivity contribution in [1.82, 2.24) is 15.1 Å². The summed E-state index contributed by atoms with van der Waals surface area (Å²) in [5, 5.41) is 16.2. The fraction of sp³-hybridized carbons (Fsp3) is 0.700. The van der Waals surface area contributed by atoms with E-state index in [1.165, 1.54) is 5.56 Å². The van der Waals surface area contributed by atoms with Crippen molar-refractivity contribution in [3.63, 3.8) is 0 Å². The maximum atomic E-state index is 8.59. The average Bonchev–Trinajstić information content (AvgIpc) is 2.45. The van der Waals surface area contributed by atoms with Crippen molar-refractivity contribution in [3.8, 4) is 0 Å². The van der Waals surface area contributed by atoms with Crippen molar-refractivity contribution in [2.75, 3.05) is 13.2 Å². The molecule has 0 radical (unpaired) electrons. The number of aromatic nitrogens is 2. The molecule has 5 heteroatoms. The van der Waals surface area contributed by atoms with Gasteiger partial charge >= 0.3 is 0 Å². The number of rotatable bonds is 6. The Balaban J connectivity index is 0.00000196. The predicted octanol–water partition coefficient (Wildman–Crippen LogP) is 1.01. The Kier molecular flexibility index (Phi) is 7.38. The smallest absolute Gasteiger partial charge is 0.0638 e. The number of hydrogen-bond acceptors (Lipinski definition) is 3. The number of hydrogen-bond donors (Lipinski definition) is 2. The van der Waals surface area contributed by atoms with Crippen LogP contribution in [0.3, 0.4) is 0 Å². The van der Waals surface area contributed by atoms with Gasteiger partial charge in [0, 0.05) is 32.0 Å². The number of nitrogens with one attached hydrogen (secondary N) is 1. The predicted molar refractivity (Wildman–Crippen MR) is 63.2 cm³/mol. The van der Waals surface area contributed by atoms with Gasteiger partial charge in [0.2, 0.25) is 0 Å². The van der Waals surface area contributed by atoms with Gasteiger partial charge in [-0.05, 0) is 26.3 Å². The summed E-state index contributed by atoms with van der Waals surface area (Å²) in [4.78, 5) is 0. The van der Waals surface area contributed by atoms with Gasteiger partial charge in [-0.15, -0.1) is 12.4 Å². The fourth-order valence-electron chi connectivity index (χ4n) is 1.41.